The van der Waals surface area contributed by atoms with Gasteiger partial charge in [-0.25, -0.2) is 0 Å². The predicted octanol–water partition coefficient (Wildman–Crippen LogP) is 4.18. The van der Waals surface area contributed by atoms with E-state index in [4.69, 9.17) is 11.6 Å². The normalized spacial score (nSPS) is 11.8. The topological polar surface area (TPSA) is 41.1 Å². The standard InChI is InChI=1S/C17H19ClN2O/c1-11-10-14(17(21)19-3)6-9-16(11)20-12(2)13-4-7-15(18)8-5-13/h4-10,12,20H,1-3H3,(H,19,21). The largest absolute Gasteiger partial charge is 0.378 e. The van der Waals surface area contributed by atoms with Gasteiger partial charge in [-0.15, -0.1) is 0 Å². The lowest BCUT2D eigenvalue weighted by Crippen LogP contribution is -2.18. The van der Waals surface area contributed by atoms with E-state index in [0.29, 0.717) is 5.56 Å². The van der Waals surface area contributed by atoms with Crippen molar-refractivity contribution in [1.29, 1.82) is 0 Å². The molecule has 21 heavy (non-hydrogen) atoms. The summed E-state index contributed by atoms with van der Waals surface area (Å²) in [5.41, 5.74) is 3.89. The summed E-state index contributed by atoms with van der Waals surface area (Å²) >= 11 is 5.90. The van der Waals surface area contributed by atoms with Crippen molar-refractivity contribution < 1.29 is 4.79 Å². The lowest BCUT2D eigenvalue weighted by molar-refractivity contribution is 0.0963. The fraction of sp³-hybridized carbons (Fsp3) is 0.235. The van der Waals surface area contributed by atoms with Gasteiger partial charge in [-0.2, -0.15) is 0 Å². The molecule has 0 saturated heterocycles. The number of carbonyl (C=O) groups is 1. The Morgan fingerprint density at radius 2 is 1.81 bits per heavy atom. The number of hydrogen-bond donors (Lipinski definition) is 2. The molecule has 0 saturated carbocycles. The van der Waals surface area contributed by atoms with E-state index in [2.05, 4.69) is 17.6 Å². The van der Waals surface area contributed by atoms with Crippen LogP contribution in [0.5, 0.6) is 0 Å². The number of hydrogen-bond acceptors (Lipinski definition) is 2. The van der Waals surface area contributed by atoms with Crippen molar-refractivity contribution >= 4 is 23.2 Å². The molecule has 0 aliphatic rings. The summed E-state index contributed by atoms with van der Waals surface area (Å²) in [7, 11) is 1.63. The third-order valence-electron chi connectivity index (χ3n) is 3.46. The highest BCUT2D eigenvalue weighted by molar-refractivity contribution is 6.30. The van der Waals surface area contributed by atoms with Crippen LogP contribution < -0.4 is 10.6 Å². The van der Waals surface area contributed by atoms with E-state index in [1.54, 1.807) is 7.05 Å². The quantitative estimate of drug-likeness (QED) is 0.889. The van der Waals surface area contributed by atoms with E-state index >= 15 is 0 Å². The van der Waals surface area contributed by atoms with Crippen LogP contribution in [0.25, 0.3) is 0 Å². The molecule has 0 radical (unpaired) electrons. The van der Waals surface area contributed by atoms with Gasteiger partial charge in [0.05, 0.1) is 0 Å². The summed E-state index contributed by atoms with van der Waals surface area (Å²) in [5, 5.41) is 6.82. The van der Waals surface area contributed by atoms with Crippen LogP contribution in [0, 0.1) is 6.92 Å². The molecule has 0 bridgehead atoms. The minimum atomic E-state index is -0.0737. The highest BCUT2D eigenvalue weighted by atomic mass is 35.5. The van der Waals surface area contributed by atoms with Gasteiger partial charge in [0.2, 0.25) is 0 Å². The number of anilines is 1. The maximum Gasteiger partial charge on any atom is 0.251 e. The van der Waals surface area contributed by atoms with Crippen LogP contribution in [0.2, 0.25) is 5.02 Å². The van der Waals surface area contributed by atoms with Gasteiger partial charge in [-0.05, 0) is 55.3 Å². The molecule has 0 aromatic heterocycles. The summed E-state index contributed by atoms with van der Waals surface area (Å²) < 4.78 is 0. The first kappa shape index (κ1) is 15.4. The molecule has 4 heteroatoms. The van der Waals surface area contributed by atoms with E-state index in [1.165, 1.54) is 0 Å². The number of aryl methyl sites for hydroxylation is 1. The Morgan fingerprint density at radius 1 is 1.14 bits per heavy atom. The van der Waals surface area contributed by atoms with E-state index in [1.807, 2.05) is 49.4 Å². The summed E-state index contributed by atoms with van der Waals surface area (Å²) in [6.45, 7) is 4.08. The van der Waals surface area contributed by atoms with E-state index in [-0.39, 0.29) is 11.9 Å². The first-order valence-electron chi connectivity index (χ1n) is 6.86. The highest BCUT2D eigenvalue weighted by Crippen LogP contribution is 2.24. The monoisotopic (exact) mass is 302 g/mol. The molecule has 1 unspecified atom stereocenters. The minimum Gasteiger partial charge on any atom is -0.378 e. The van der Waals surface area contributed by atoms with Gasteiger partial charge in [0.15, 0.2) is 0 Å². The third kappa shape index (κ3) is 3.76. The van der Waals surface area contributed by atoms with E-state index in [9.17, 15) is 4.79 Å². The van der Waals surface area contributed by atoms with Crippen LogP contribution in [-0.2, 0) is 0 Å². The van der Waals surface area contributed by atoms with Crippen molar-refractivity contribution in [3.63, 3.8) is 0 Å². The molecule has 2 N–H and O–H groups in total. The van der Waals surface area contributed by atoms with Crippen LogP contribution in [0.1, 0.15) is 34.5 Å². The summed E-state index contributed by atoms with van der Waals surface area (Å²) in [5.74, 6) is -0.0737. The second kappa shape index (κ2) is 6.64. The van der Waals surface area contributed by atoms with Crippen LogP contribution in [-0.4, -0.2) is 13.0 Å². The zero-order chi connectivity index (χ0) is 15.4. The van der Waals surface area contributed by atoms with E-state index < -0.39 is 0 Å². The molecule has 1 atom stereocenters. The number of rotatable bonds is 4. The van der Waals surface area contributed by atoms with Crippen LogP contribution in [0.4, 0.5) is 5.69 Å². The van der Waals surface area contributed by atoms with Gasteiger partial charge in [0.1, 0.15) is 0 Å². The average molecular weight is 303 g/mol. The van der Waals surface area contributed by atoms with Crippen molar-refractivity contribution in [3.05, 3.63) is 64.2 Å². The molecule has 1 amide bonds. The number of benzene rings is 2. The van der Waals surface area contributed by atoms with Crippen LogP contribution >= 0.6 is 11.6 Å². The molecule has 2 rings (SSSR count). The van der Waals surface area contributed by atoms with Gasteiger partial charge in [-0.3, -0.25) is 4.79 Å². The number of nitrogens with one attached hydrogen (secondary N) is 2. The fourth-order valence-corrected chi connectivity index (χ4v) is 2.31. The Morgan fingerprint density at radius 3 is 2.38 bits per heavy atom. The zero-order valence-corrected chi connectivity index (χ0v) is 13.2. The maximum absolute atomic E-state index is 11.6. The SMILES string of the molecule is CNC(=O)c1ccc(NC(C)c2ccc(Cl)cc2)c(C)c1. The second-order valence-corrected chi connectivity index (χ2v) is 5.46. The van der Waals surface area contributed by atoms with Gasteiger partial charge in [0, 0.05) is 29.4 Å². The number of amides is 1. The summed E-state index contributed by atoms with van der Waals surface area (Å²) in [6, 6.07) is 13.6. The van der Waals surface area contributed by atoms with Crippen molar-refractivity contribution in [1.82, 2.24) is 5.32 Å². The first-order valence-corrected chi connectivity index (χ1v) is 7.24. The molecule has 0 aliphatic carbocycles. The van der Waals surface area contributed by atoms with Gasteiger partial charge in [-0.1, -0.05) is 23.7 Å². The molecule has 0 aliphatic heterocycles. The molecule has 3 nitrogen and oxygen atoms in total. The Balaban J connectivity index is 2.15. The Kier molecular flexibility index (Phi) is 4.86. The highest BCUT2D eigenvalue weighted by Gasteiger charge is 2.09. The maximum atomic E-state index is 11.6. The summed E-state index contributed by atoms with van der Waals surface area (Å²) in [4.78, 5) is 11.6. The molecular weight excluding hydrogens is 284 g/mol. The van der Waals surface area contributed by atoms with E-state index in [0.717, 1.165) is 21.8 Å². The molecule has 2 aromatic carbocycles. The van der Waals surface area contributed by atoms with Crippen molar-refractivity contribution in [2.45, 2.75) is 19.9 Å². The average Bonchev–Trinajstić information content (AvgIpc) is 2.49. The molecule has 110 valence electrons. The van der Waals surface area contributed by atoms with Crippen LogP contribution in [0.15, 0.2) is 42.5 Å². The fourth-order valence-electron chi connectivity index (χ4n) is 2.18. The van der Waals surface area contributed by atoms with Crippen molar-refractivity contribution in [2.24, 2.45) is 0 Å². The van der Waals surface area contributed by atoms with Gasteiger partial charge in [0.25, 0.3) is 5.91 Å². The Hall–Kier alpha value is -2.00. The summed E-state index contributed by atoms with van der Waals surface area (Å²) in [6.07, 6.45) is 0. The Bertz CT molecular complexity index is 638. The minimum absolute atomic E-state index is 0.0737. The van der Waals surface area contributed by atoms with Crippen LogP contribution in [0.3, 0.4) is 0 Å². The van der Waals surface area contributed by atoms with Gasteiger partial charge < -0.3 is 10.6 Å². The number of carbonyl (C=O) groups excluding carboxylic acids is 1. The molecule has 0 heterocycles. The first-order chi connectivity index (χ1) is 10.0. The smallest absolute Gasteiger partial charge is 0.251 e. The number of halogens is 1. The third-order valence-corrected chi connectivity index (χ3v) is 3.71. The predicted molar refractivity (Wildman–Crippen MR) is 88.1 cm³/mol. The van der Waals surface area contributed by atoms with Crippen molar-refractivity contribution in [2.75, 3.05) is 12.4 Å². The molecular formula is C17H19ClN2O. The lowest BCUT2D eigenvalue weighted by atomic mass is 10.1. The molecule has 0 spiro atoms. The lowest BCUT2D eigenvalue weighted by Gasteiger charge is -2.18. The zero-order valence-electron chi connectivity index (χ0n) is 12.4. The Labute approximate surface area is 130 Å². The second-order valence-electron chi connectivity index (χ2n) is 5.03. The molecule has 2 aromatic rings. The van der Waals surface area contributed by atoms with Crippen molar-refractivity contribution in [3.8, 4) is 0 Å². The molecule has 0 fully saturated rings. The van der Waals surface area contributed by atoms with Gasteiger partial charge >= 0.3 is 0 Å².